The summed E-state index contributed by atoms with van der Waals surface area (Å²) in [6.07, 6.45) is 0. The number of nitrogens with one attached hydrogen (secondary N) is 1. The van der Waals surface area contributed by atoms with E-state index >= 15 is 0 Å². The van der Waals surface area contributed by atoms with Gasteiger partial charge in [-0.15, -0.1) is 0 Å². The van der Waals surface area contributed by atoms with Crippen molar-refractivity contribution in [1.29, 1.82) is 0 Å². The van der Waals surface area contributed by atoms with E-state index in [0.29, 0.717) is 12.4 Å². The minimum absolute atomic E-state index is 0.527. The Labute approximate surface area is 84.4 Å². The van der Waals surface area contributed by atoms with Crippen LogP contribution in [0.25, 0.3) is 0 Å². The Bertz CT molecular complexity index is 325. The standard InChI is InChI=1S/C11H16N2O/c1-4-12-11(13-14)10-6-8(2)5-9(3)7-10/h5-7,14H,4H2,1-3H3,(H,12,13). The zero-order chi connectivity index (χ0) is 10.6. The minimum Gasteiger partial charge on any atom is -0.290 e. The molecule has 1 aromatic rings. The molecule has 0 unspecified atom stereocenters. The Morgan fingerprint density at radius 2 is 1.86 bits per heavy atom. The van der Waals surface area contributed by atoms with Crippen molar-refractivity contribution in [2.75, 3.05) is 6.54 Å². The van der Waals surface area contributed by atoms with Crippen molar-refractivity contribution in [3.8, 4) is 0 Å². The number of amidine groups is 1. The van der Waals surface area contributed by atoms with Crippen LogP contribution in [0.15, 0.2) is 23.2 Å². The fourth-order valence-electron chi connectivity index (χ4n) is 1.46. The van der Waals surface area contributed by atoms with Crippen LogP contribution in [0.4, 0.5) is 0 Å². The number of hydroxylamine groups is 1. The SMILES string of the molecule is CCN=C(NO)c1cc(C)cc(C)c1. The van der Waals surface area contributed by atoms with E-state index < -0.39 is 0 Å². The van der Waals surface area contributed by atoms with Gasteiger partial charge in [0.1, 0.15) is 0 Å². The first-order chi connectivity index (χ1) is 6.67. The fourth-order valence-corrected chi connectivity index (χ4v) is 1.46. The highest BCUT2D eigenvalue weighted by molar-refractivity contribution is 5.98. The minimum atomic E-state index is 0.527. The van der Waals surface area contributed by atoms with Crippen molar-refractivity contribution in [3.63, 3.8) is 0 Å². The Morgan fingerprint density at radius 3 is 2.29 bits per heavy atom. The maximum absolute atomic E-state index is 8.91. The van der Waals surface area contributed by atoms with Gasteiger partial charge in [-0.25, -0.2) is 0 Å². The normalized spacial score (nSPS) is 11.6. The summed E-state index contributed by atoms with van der Waals surface area (Å²) in [5, 5.41) is 8.91. The van der Waals surface area contributed by atoms with Gasteiger partial charge < -0.3 is 0 Å². The number of aryl methyl sites for hydroxylation is 2. The Hall–Kier alpha value is -1.35. The van der Waals surface area contributed by atoms with E-state index in [4.69, 9.17) is 5.21 Å². The van der Waals surface area contributed by atoms with Gasteiger partial charge in [0, 0.05) is 12.1 Å². The third kappa shape index (κ3) is 2.57. The van der Waals surface area contributed by atoms with Crippen LogP contribution in [-0.4, -0.2) is 17.6 Å². The van der Waals surface area contributed by atoms with Crippen molar-refractivity contribution in [2.45, 2.75) is 20.8 Å². The third-order valence-electron chi connectivity index (χ3n) is 1.92. The lowest BCUT2D eigenvalue weighted by molar-refractivity contribution is 0.234. The average Bonchev–Trinajstić information content (AvgIpc) is 2.12. The average molecular weight is 192 g/mol. The Balaban J connectivity index is 3.10. The summed E-state index contributed by atoms with van der Waals surface area (Å²) in [6, 6.07) is 6.07. The fraction of sp³-hybridized carbons (Fsp3) is 0.364. The molecule has 1 rings (SSSR count). The molecule has 0 aliphatic carbocycles. The van der Waals surface area contributed by atoms with Crippen LogP contribution >= 0.6 is 0 Å². The van der Waals surface area contributed by atoms with Crippen LogP contribution in [0.2, 0.25) is 0 Å². The highest BCUT2D eigenvalue weighted by Crippen LogP contribution is 2.09. The summed E-state index contributed by atoms with van der Waals surface area (Å²) in [7, 11) is 0. The second kappa shape index (κ2) is 4.77. The summed E-state index contributed by atoms with van der Waals surface area (Å²) < 4.78 is 0. The lowest BCUT2D eigenvalue weighted by Crippen LogP contribution is -2.20. The zero-order valence-corrected chi connectivity index (χ0v) is 8.83. The molecule has 0 atom stereocenters. The van der Waals surface area contributed by atoms with Gasteiger partial charge in [0.15, 0.2) is 5.84 Å². The number of hydrogen-bond donors (Lipinski definition) is 2. The smallest absolute Gasteiger partial charge is 0.152 e. The molecule has 0 aromatic heterocycles. The van der Waals surface area contributed by atoms with Crippen molar-refractivity contribution in [2.24, 2.45) is 4.99 Å². The van der Waals surface area contributed by atoms with Crippen molar-refractivity contribution in [1.82, 2.24) is 5.48 Å². The summed E-state index contributed by atoms with van der Waals surface area (Å²) in [4.78, 5) is 4.15. The molecular weight excluding hydrogens is 176 g/mol. The first-order valence-electron chi connectivity index (χ1n) is 4.70. The molecule has 0 spiro atoms. The maximum atomic E-state index is 8.91. The molecule has 0 radical (unpaired) electrons. The van der Waals surface area contributed by atoms with Crippen LogP contribution < -0.4 is 5.48 Å². The predicted octanol–water partition coefficient (Wildman–Crippen LogP) is 2.05. The summed E-state index contributed by atoms with van der Waals surface area (Å²) in [5.74, 6) is 0.527. The number of rotatable bonds is 2. The summed E-state index contributed by atoms with van der Waals surface area (Å²) in [6.45, 7) is 6.63. The van der Waals surface area contributed by atoms with E-state index in [1.54, 1.807) is 0 Å². The maximum Gasteiger partial charge on any atom is 0.152 e. The van der Waals surface area contributed by atoms with Gasteiger partial charge in [0.25, 0.3) is 0 Å². The summed E-state index contributed by atoms with van der Waals surface area (Å²) >= 11 is 0. The van der Waals surface area contributed by atoms with E-state index in [-0.39, 0.29) is 0 Å². The van der Waals surface area contributed by atoms with Gasteiger partial charge in [-0.1, -0.05) is 17.2 Å². The largest absolute Gasteiger partial charge is 0.290 e. The Morgan fingerprint density at radius 1 is 1.29 bits per heavy atom. The number of aliphatic imine (C=N–C) groups is 1. The van der Waals surface area contributed by atoms with Gasteiger partial charge in [-0.2, -0.15) is 0 Å². The van der Waals surface area contributed by atoms with Crippen LogP contribution in [0, 0.1) is 13.8 Å². The van der Waals surface area contributed by atoms with Crippen molar-refractivity contribution < 1.29 is 5.21 Å². The molecule has 3 nitrogen and oxygen atoms in total. The quantitative estimate of drug-likeness (QED) is 0.428. The second-order valence-electron chi connectivity index (χ2n) is 3.31. The van der Waals surface area contributed by atoms with E-state index in [1.165, 1.54) is 11.1 Å². The first kappa shape index (κ1) is 10.7. The highest BCUT2D eigenvalue weighted by Gasteiger charge is 2.02. The van der Waals surface area contributed by atoms with Crippen molar-refractivity contribution in [3.05, 3.63) is 34.9 Å². The van der Waals surface area contributed by atoms with E-state index in [1.807, 2.05) is 32.9 Å². The molecule has 1 aromatic carbocycles. The summed E-state index contributed by atoms with van der Waals surface area (Å²) in [5.41, 5.74) is 5.38. The van der Waals surface area contributed by atoms with Gasteiger partial charge >= 0.3 is 0 Å². The van der Waals surface area contributed by atoms with E-state index in [9.17, 15) is 0 Å². The molecule has 2 N–H and O–H groups in total. The number of nitrogens with zero attached hydrogens (tertiary/aromatic N) is 1. The molecule has 76 valence electrons. The van der Waals surface area contributed by atoms with E-state index in [0.717, 1.165) is 5.56 Å². The monoisotopic (exact) mass is 192 g/mol. The lowest BCUT2D eigenvalue weighted by atomic mass is 10.1. The van der Waals surface area contributed by atoms with Gasteiger partial charge in [-0.3, -0.25) is 15.7 Å². The van der Waals surface area contributed by atoms with Crippen LogP contribution in [-0.2, 0) is 0 Å². The molecular formula is C11H16N2O. The van der Waals surface area contributed by atoms with Crippen molar-refractivity contribution >= 4 is 5.84 Å². The first-order valence-corrected chi connectivity index (χ1v) is 4.70. The topological polar surface area (TPSA) is 44.6 Å². The van der Waals surface area contributed by atoms with Crippen LogP contribution in [0.3, 0.4) is 0 Å². The molecule has 0 aliphatic rings. The molecule has 0 fully saturated rings. The van der Waals surface area contributed by atoms with Gasteiger partial charge in [0.05, 0.1) is 0 Å². The van der Waals surface area contributed by atoms with Gasteiger partial charge in [-0.05, 0) is 32.9 Å². The molecule has 0 bridgehead atoms. The molecule has 0 saturated carbocycles. The molecule has 0 heterocycles. The number of hydrogen-bond acceptors (Lipinski definition) is 2. The highest BCUT2D eigenvalue weighted by atomic mass is 16.5. The lowest BCUT2D eigenvalue weighted by Gasteiger charge is -2.06. The van der Waals surface area contributed by atoms with Crippen LogP contribution in [0.5, 0.6) is 0 Å². The van der Waals surface area contributed by atoms with Gasteiger partial charge in [0.2, 0.25) is 0 Å². The number of benzene rings is 1. The molecule has 0 saturated heterocycles. The van der Waals surface area contributed by atoms with E-state index in [2.05, 4.69) is 16.5 Å². The zero-order valence-electron chi connectivity index (χ0n) is 8.83. The molecule has 14 heavy (non-hydrogen) atoms. The van der Waals surface area contributed by atoms with Crippen LogP contribution in [0.1, 0.15) is 23.6 Å². The molecule has 0 aliphatic heterocycles. The molecule has 0 amide bonds. The third-order valence-corrected chi connectivity index (χ3v) is 1.92. The molecule has 3 heteroatoms. The second-order valence-corrected chi connectivity index (χ2v) is 3.31. The predicted molar refractivity (Wildman–Crippen MR) is 57.9 cm³/mol. The Kier molecular flexibility index (Phi) is 3.65.